The van der Waals surface area contributed by atoms with Crippen LogP contribution in [0.4, 0.5) is 0 Å². The van der Waals surface area contributed by atoms with Crippen LogP contribution in [0.25, 0.3) is 0 Å². The average Bonchev–Trinajstić information content (AvgIpc) is 2.86. The van der Waals surface area contributed by atoms with Crippen LogP contribution in [0.2, 0.25) is 0 Å². The first-order chi connectivity index (χ1) is 10.7. The molecule has 23 heavy (non-hydrogen) atoms. The maximum atomic E-state index is 9.93. The Labute approximate surface area is 140 Å². The minimum absolute atomic E-state index is 0.134. The maximum absolute atomic E-state index is 9.93. The summed E-state index contributed by atoms with van der Waals surface area (Å²) in [5.41, 5.74) is 0.330. The third-order valence-corrected chi connectivity index (χ3v) is 5.33. The van der Waals surface area contributed by atoms with Gasteiger partial charge in [0.05, 0.1) is 12.7 Å². The molecule has 0 bridgehead atoms. The van der Waals surface area contributed by atoms with Gasteiger partial charge in [0.2, 0.25) is 0 Å². The van der Waals surface area contributed by atoms with E-state index in [9.17, 15) is 10.2 Å². The lowest BCUT2D eigenvalue weighted by atomic mass is 9.71. The van der Waals surface area contributed by atoms with Crippen LogP contribution in [0.15, 0.2) is 12.7 Å². The predicted molar refractivity (Wildman–Crippen MR) is 89.6 cm³/mol. The van der Waals surface area contributed by atoms with Crippen LogP contribution in [0.5, 0.6) is 0 Å². The number of aliphatic hydroxyl groups is 2. The van der Waals surface area contributed by atoms with Crippen LogP contribution in [-0.2, 0) is 9.47 Å². The standard InChI is InChI=1S/C18H33NO4/c1-6-16(21)19(13(2)20)11-15-12-22-18(23-15)9-7-14(8-10-18)17(3,4)5/h6,13-16,20-21H,1,7-12H2,2-5H3. The smallest absolute Gasteiger partial charge is 0.168 e. The third-order valence-electron chi connectivity index (χ3n) is 5.33. The van der Waals surface area contributed by atoms with Crippen LogP contribution in [0.3, 0.4) is 0 Å². The first kappa shape index (κ1) is 18.9. The van der Waals surface area contributed by atoms with Crippen molar-refractivity contribution in [2.75, 3.05) is 13.2 Å². The van der Waals surface area contributed by atoms with Crippen molar-refractivity contribution in [1.29, 1.82) is 0 Å². The molecular formula is C18H33NO4. The highest BCUT2D eigenvalue weighted by Gasteiger charge is 2.46. The molecule has 0 aromatic rings. The van der Waals surface area contributed by atoms with E-state index in [-0.39, 0.29) is 6.10 Å². The molecule has 1 heterocycles. The molecule has 1 saturated heterocycles. The van der Waals surface area contributed by atoms with Gasteiger partial charge in [0.15, 0.2) is 5.79 Å². The summed E-state index contributed by atoms with van der Waals surface area (Å²) in [5, 5.41) is 19.7. The van der Waals surface area contributed by atoms with Gasteiger partial charge in [-0.25, -0.2) is 4.90 Å². The van der Waals surface area contributed by atoms with Gasteiger partial charge in [0.1, 0.15) is 12.5 Å². The van der Waals surface area contributed by atoms with Gasteiger partial charge < -0.3 is 19.7 Å². The van der Waals surface area contributed by atoms with Gasteiger partial charge in [-0.1, -0.05) is 27.4 Å². The average molecular weight is 327 g/mol. The highest BCUT2D eigenvalue weighted by Crippen LogP contribution is 2.45. The van der Waals surface area contributed by atoms with Crippen LogP contribution < -0.4 is 0 Å². The molecule has 134 valence electrons. The molecule has 5 heteroatoms. The fourth-order valence-electron chi connectivity index (χ4n) is 3.74. The van der Waals surface area contributed by atoms with Gasteiger partial charge in [0.25, 0.3) is 0 Å². The molecule has 2 N–H and O–H groups in total. The molecule has 0 amide bonds. The normalized spacial score (nSPS) is 34.7. The van der Waals surface area contributed by atoms with Crippen molar-refractivity contribution in [3.63, 3.8) is 0 Å². The van der Waals surface area contributed by atoms with Crippen molar-refractivity contribution in [3.05, 3.63) is 12.7 Å². The zero-order valence-corrected chi connectivity index (χ0v) is 15.0. The number of nitrogens with zero attached hydrogens (tertiary/aromatic N) is 1. The molecule has 0 radical (unpaired) electrons. The van der Waals surface area contributed by atoms with E-state index >= 15 is 0 Å². The van der Waals surface area contributed by atoms with Crippen molar-refractivity contribution >= 4 is 0 Å². The number of hydrogen-bond donors (Lipinski definition) is 2. The second kappa shape index (κ2) is 7.19. The monoisotopic (exact) mass is 327 g/mol. The zero-order valence-electron chi connectivity index (χ0n) is 15.0. The molecule has 1 saturated carbocycles. The summed E-state index contributed by atoms with van der Waals surface area (Å²) in [6, 6.07) is 0. The van der Waals surface area contributed by atoms with E-state index < -0.39 is 18.2 Å². The largest absolute Gasteiger partial charge is 0.379 e. The fourth-order valence-corrected chi connectivity index (χ4v) is 3.74. The maximum Gasteiger partial charge on any atom is 0.168 e. The zero-order chi connectivity index (χ0) is 17.3. The summed E-state index contributed by atoms with van der Waals surface area (Å²) < 4.78 is 12.2. The van der Waals surface area contributed by atoms with E-state index in [2.05, 4.69) is 27.4 Å². The SMILES string of the molecule is C=CC(O)N(CC1COC2(CCC(C(C)(C)C)CC2)O1)C(C)O. The second-order valence-corrected chi connectivity index (χ2v) is 8.08. The quantitative estimate of drug-likeness (QED) is 0.600. The molecule has 5 nitrogen and oxygen atoms in total. The first-order valence-electron chi connectivity index (χ1n) is 8.73. The van der Waals surface area contributed by atoms with E-state index in [1.54, 1.807) is 11.8 Å². The van der Waals surface area contributed by atoms with Gasteiger partial charge >= 0.3 is 0 Å². The fraction of sp³-hybridized carbons (Fsp3) is 0.889. The van der Waals surface area contributed by atoms with Crippen LogP contribution in [0, 0.1) is 11.3 Å². The van der Waals surface area contributed by atoms with Crippen LogP contribution in [-0.4, -0.2) is 52.6 Å². The third kappa shape index (κ3) is 4.54. The highest BCUT2D eigenvalue weighted by molar-refractivity contribution is 4.90. The number of ether oxygens (including phenoxy) is 2. The Morgan fingerprint density at radius 3 is 2.39 bits per heavy atom. The Bertz CT molecular complexity index is 396. The van der Waals surface area contributed by atoms with Crippen LogP contribution in [0.1, 0.15) is 53.4 Å². The molecule has 2 fully saturated rings. The summed E-state index contributed by atoms with van der Waals surface area (Å²) in [6.07, 6.45) is 3.70. The Balaban J connectivity index is 1.90. The summed E-state index contributed by atoms with van der Waals surface area (Å²) >= 11 is 0. The van der Waals surface area contributed by atoms with E-state index in [1.165, 1.54) is 6.08 Å². The van der Waals surface area contributed by atoms with Gasteiger partial charge in [-0.05, 0) is 37.2 Å². The second-order valence-electron chi connectivity index (χ2n) is 8.08. The first-order valence-corrected chi connectivity index (χ1v) is 8.73. The lowest BCUT2D eigenvalue weighted by Crippen LogP contribution is -2.46. The van der Waals surface area contributed by atoms with E-state index in [4.69, 9.17) is 9.47 Å². The minimum atomic E-state index is -0.883. The van der Waals surface area contributed by atoms with Gasteiger partial charge in [-0.15, -0.1) is 0 Å². The summed E-state index contributed by atoms with van der Waals surface area (Å²) in [4.78, 5) is 1.56. The van der Waals surface area contributed by atoms with Gasteiger partial charge in [-0.3, -0.25) is 0 Å². The lowest BCUT2D eigenvalue weighted by molar-refractivity contribution is -0.201. The Hall–Kier alpha value is -0.460. The van der Waals surface area contributed by atoms with Gasteiger partial charge in [-0.2, -0.15) is 0 Å². The van der Waals surface area contributed by atoms with E-state index in [0.29, 0.717) is 24.5 Å². The molecule has 3 unspecified atom stereocenters. The Morgan fingerprint density at radius 2 is 1.91 bits per heavy atom. The summed E-state index contributed by atoms with van der Waals surface area (Å²) in [7, 11) is 0. The molecular weight excluding hydrogens is 294 g/mol. The van der Waals surface area contributed by atoms with Crippen molar-refractivity contribution in [2.45, 2.75) is 77.7 Å². The molecule has 0 aromatic heterocycles. The molecule has 2 rings (SSSR count). The van der Waals surface area contributed by atoms with Crippen LogP contribution >= 0.6 is 0 Å². The summed E-state index contributed by atoms with van der Waals surface area (Å²) in [6.45, 7) is 13.0. The highest BCUT2D eigenvalue weighted by atomic mass is 16.7. The number of hydrogen-bond acceptors (Lipinski definition) is 5. The number of rotatable bonds is 5. The summed E-state index contributed by atoms with van der Waals surface area (Å²) in [5.74, 6) is 0.242. The van der Waals surface area contributed by atoms with Crippen molar-refractivity contribution in [3.8, 4) is 0 Å². The Kier molecular flexibility index (Phi) is 5.90. The van der Waals surface area contributed by atoms with Gasteiger partial charge in [0, 0.05) is 19.4 Å². The van der Waals surface area contributed by atoms with E-state index in [0.717, 1.165) is 25.7 Å². The molecule has 1 aliphatic carbocycles. The van der Waals surface area contributed by atoms with Crippen molar-refractivity contribution < 1.29 is 19.7 Å². The molecule has 3 atom stereocenters. The molecule has 1 spiro atoms. The number of aliphatic hydroxyl groups excluding tert-OH is 2. The molecule has 2 aliphatic rings. The Morgan fingerprint density at radius 1 is 1.30 bits per heavy atom. The van der Waals surface area contributed by atoms with Crippen molar-refractivity contribution in [1.82, 2.24) is 4.90 Å². The lowest BCUT2D eigenvalue weighted by Gasteiger charge is -2.41. The minimum Gasteiger partial charge on any atom is -0.379 e. The van der Waals surface area contributed by atoms with E-state index in [1.807, 2.05) is 0 Å². The molecule has 0 aromatic carbocycles. The molecule has 1 aliphatic heterocycles. The topological polar surface area (TPSA) is 62.2 Å². The van der Waals surface area contributed by atoms with Crippen molar-refractivity contribution in [2.24, 2.45) is 11.3 Å². The predicted octanol–water partition coefficient (Wildman–Crippen LogP) is 2.48.